The molecule has 1 aromatic heterocycles. The summed E-state index contributed by atoms with van der Waals surface area (Å²) in [7, 11) is -3.84. The number of amides is 1. The van der Waals surface area contributed by atoms with Gasteiger partial charge >= 0.3 is 5.97 Å². The maximum absolute atomic E-state index is 11.7. The van der Waals surface area contributed by atoms with Crippen molar-refractivity contribution >= 4 is 33.2 Å². The minimum absolute atomic E-state index is 0.0465. The van der Waals surface area contributed by atoms with Crippen molar-refractivity contribution in [2.75, 3.05) is 6.54 Å². The molecule has 0 radical (unpaired) electrons. The van der Waals surface area contributed by atoms with Gasteiger partial charge in [-0.25, -0.2) is 18.4 Å². The van der Waals surface area contributed by atoms with Gasteiger partial charge in [-0.2, -0.15) is 0 Å². The molecule has 1 aromatic rings. The molecule has 0 aromatic carbocycles. The molecule has 7 nitrogen and oxygen atoms in total. The summed E-state index contributed by atoms with van der Waals surface area (Å²) in [6, 6.07) is 1.12. The van der Waals surface area contributed by atoms with Crippen LogP contribution in [0, 0.1) is 0 Å². The summed E-state index contributed by atoms with van der Waals surface area (Å²) in [5.41, 5.74) is 0.0465. The van der Waals surface area contributed by atoms with Gasteiger partial charge in [-0.05, 0) is 19.9 Å². The molecule has 9 heteroatoms. The molecule has 19 heavy (non-hydrogen) atoms. The summed E-state index contributed by atoms with van der Waals surface area (Å²) < 4.78 is 26.9. The van der Waals surface area contributed by atoms with E-state index in [0.717, 1.165) is 17.4 Å². The van der Waals surface area contributed by atoms with Gasteiger partial charge in [0.1, 0.15) is 4.21 Å². The first-order valence-electron chi connectivity index (χ1n) is 5.35. The fraction of sp³-hybridized carbons (Fsp3) is 0.400. The van der Waals surface area contributed by atoms with Crippen molar-refractivity contribution in [3.63, 3.8) is 0 Å². The predicted molar refractivity (Wildman–Crippen MR) is 69.3 cm³/mol. The lowest BCUT2D eigenvalue weighted by atomic mass is 10.3. The number of likely N-dealkylation sites (N-methyl/N-ethyl adjacent to an activating group) is 1. The second-order valence-electron chi connectivity index (χ2n) is 3.64. The number of rotatable bonds is 5. The van der Waals surface area contributed by atoms with Crippen molar-refractivity contribution in [1.82, 2.24) is 5.32 Å². The van der Waals surface area contributed by atoms with Gasteiger partial charge in [0, 0.05) is 11.9 Å². The van der Waals surface area contributed by atoms with Crippen LogP contribution in [0.4, 0.5) is 0 Å². The largest absolute Gasteiger partial charge is 0.449 e. The van der Waals surface area contributed by atoms with Crippen LogP contribution in [0.25, 0.3) is 0 Å². The van der Waals surface area contributed by atoms with Crippen LogP contribution >= 0.6 is 11.3 Å². The number of carbonyl (C=O) groups is 2. The number of hydrogen-bond donors (Lipinski definition) is 2. The maximum Gasteiger partial charge on any atom is 0.339 e. The monoisotopic (exact) mass is 306 g/mol. The second-order valence-corrected chi connectivity index (χ2v) is 6.34. The molecular weight excluding hydrogens is 292 g/mol. The zero-order valence-corrected chi connectivity index (χ0v) is 12.0. The highest BCUT2D eigenvalue weighted by Gasteiger charge is 2.21. The third kappa shape index (κ3) is 4.30. The zero-order chi connectivity index (χ0) is 14.6. The lowest BCUT2D eigenvalue weighted by Gasteiger charge is -2.11. The molecule has 0 fully saturated rings. The van der Waals surface area contributed by atoms with Crippen LogP contribution in [-0.2, 0) is 19.6 Å². The highest BCUT2D eigenvalue weighted by molar-refractivity contribution is 7.91. The number of hydrogen-bond acceptors (Lipinski definition) is 6. The summed E-state index contributed by atoms with van der Waals surface area (Å²) in [6.07, 6.45) is -0.953. The van der Waals surface area contributed by atoms with E-state index in [1.807, 2.05) is 0 Å². The molecule has 106 valence electrons. The number of nitrogens with two attached hydrogens (primary N) is 1. The van der Waals surface area contributed by atoms with E-state index in [-0.39, 0.29) is 9.77 Å². The summed E-state index contributed by atoms with van der Waals surface area (Å²) >= 11 is 0.816. The summed E-state index contributed by atoms with van der Waals surface area (Å²) in [6.45, 7) is 3.59. The van der Waals surface area contributed by atoms with Crippen LogP contribution in [0.5, 0.6) is 0 Å². The zero-order valence-electron chi connectivity index (χ0n) is 10.4. The fourth-order valence-electron chi connectivity index (χ4n) is 1.17. The summed E-state index contributed by atoms with van der Waals surface area (Å²) in [5.74, 6) is -1.19. The predicted octanol–water partition coefficient (Wildman–Crippen LogP) is 0.0769. The van der Waals surface area contributed by atoms with E-state index >= 15 is 0 Å². The van der Waals surface area contributed by atoms with Crippen molar-refractivity contribution in [1.29, 1.82) is 0 Å². The molecule has 0 aliphatic rings. The standard InChI is InChI=1S/C10H14N2O5S2/c1-3-12-9(13)6(2)17-10(14)7-4-8(18-5-7)19(11,15)16/h4-6H,3H2,1-2H3,(H,12,13)(H2,11,15,16). The van der Waals surface area contributed by atoms with Gasteiger partial charge in [-0.3, -0.25) is 4.79 Å². The topological polar surface area (TPSA) is 116 Å². The van der Waals surface area contributed by atoms with Crippen LogP contribution in [0.2, 0.25) is 0 Å². The third-order valence-corrected chi connectivity index (χ3v) is 4.48. The molecule has 1 atom stereocenters. The number of carbonyl (C=O) groups excluding carboxylic acids is 2. The number of nitrogens with one attached hydrogen (secondary N) is 1. The minimum atomic E-state index is -3.84. The first-order chi connectivity index (χ1) is 8.75. The third-order valence-electron chi connectivity index (χ3n) is 2.10. The van der Waals surface area contributed by atoms with E-state index in [1.54, 1.807) is 6.92 Å². The van der Waals surface area contributed by atoms with Gasteiger partial charge in [0.2, 0.25) is 10.0 Å². The molecule has 0 saturated carbocycles. The SMILES string of the molecule is CCNC(=O)C(C)OC(=O)c1csc(S(N)(=O)=O)c1. The van der Waals surface area contributed by atoms with E-state index in [2.05, 4.69) is 5.32 Å². The van der Waals surface area contributed by atoms with E-state index in [0.29, 0.717) is 6.54 Å². The molecule has 0 spiro atoms. The van der Waals surface area contributed by atoms with Crippen LogP contribution < -0.4 is 10.5 Å². The Hall–Kier alpha value is -1.45. The summed E-state index contributed by atoms with van der Waals surface area (Å²) in [4.78, 5) is 23.0. The van der Waals surface area contributed by atoms with Gasteiger partial charge in [-0.1, -0.05) is 0 Å². The Morgan fingerprint density at radius 3 is 2.63 bits per heavy atom. The molecule has 0 aliphatic carbocycles. The van der Waals surface area contributed by atoms with E-state index < -0.39 is 28.0 Å². The molecular formula is C10H14N2O5S2. The van der Waals surface area contributed by atoms with Gasteiger partial charge in [-0.15, -0.1) is 11.3 Å². The van der Waals surface area contributed by atoms with Gasteiger partial charge in [0.05, 0.1) is 5.56 Å². The van der Waals surface area contributed by atoms with E-state index in [1.165, 1.54) is 12.3 Å². The maximum atomic E-state index is 11.7. The number of esters is 1. The average Bonchev–Trinajstić information content (AvgIpc) is 2.78. The number of thiophene rings is 1. The fourth-order valence-corrected chi connectivity index (χ4v) is 2.75. The highest BCUT2D eigenvalue weighted by Crippen LogP contribution is 2.19. The second kappa shape index (κ2) is 6.13. The van der Waals surface area contributed by atoms with Crippen molar-refractivity contribution in [2.24, 2.45) is 5.14 Å². The minimum Gasteiger partial charge on any atom is -0.449 e. The average molecular weight is 306 g/mol. The molecule has 0 bridgehead atoms. The lowest BCUT2D eigenvalue weighted by Crippen LogP contribution is -2.35. The lowest BCUT2D eigenvalue weighted by molar-refractivity contribution is -0.128. The molecule has 1 unspecified atom stereocenters. The van der Waals surface area contributed by atoms with Crippen LogP contribution in [0.1, 0.15) is 24.2 Å². The molecule has 3 N–H and O–H groups in total. The normalized spacial score (nSPS) is 12.8. The Labute approximate surface area is 114 Å². The smallest absolute Gasteiger partial charge is 0.339 e. The highest BCUT2D eigenvalue weighted by atomic mass is 32.2. The number of ether oxygens (including phenoxy) is 1. The molecule has 1 rings (SSSR count). The van der Waals surface area contributed by atoms with Crippen molar-refractivity contribution in [3.8, 4) is 0 Å². The molecule has 1 amide bonds. The number of primary sulfonamides is 1. The van der Waals surface area contributed by atoms with Crippen LogP contribution in [0.3, 0.4) is 0 Å². The van der Waals surface area contributed by atoms with Crippen LogP contribution in [0.15, 0.2) is 15.7 Å². The van der Waals surface area contributed by atoms with Crippen LogP contribution in [-0.4, -0.2) is 32.9 Å². The van der Waals surface area contributed by atoms with Gasteiger partial charge in [0.25, 0.3) is 5.91 Å². The Balaban J connectivity index is 2.74. The van der Waals surface area contributed by atoms with Crippen molar-refractivity contribution in [3.05, 3.63) is 17.0 Å². The van der Waals surface area contributed by atoms with E-state index in [9.17, 15) is 18.0 Å². The first kappa shape index (κ1) is 15.6. The Morgan fingerprint density at radius 1 is 1.53 bits per heavy atom. The quantitative estimate of drug-likeness (QED) is 0.747. The molecule has 0 saturated heterocycles. The molecule has 0 aliphatic heterocycles. The Morgan fingerprint density at radius 2 is 2.16 bits per heavy atom. The van der Waals surface area contributed by atoms with Gasteiger partial charge in [0.15, 0.2) is 6.10 Å². The Bertz CT molecular complexity index is 578. The first-order valence-corrected chi connectivity index (χ1v) is 7.78. The van der Waals surface area contributed by atoms with Crippen molar-refractivity contribution < 1.29 is 22.7 Å². The van der Waals surface area contributed by atoms with Crippen molar-refractivity contribution in [2.45, 2.75) is 24.2 Å². The Kier molecular flexibility index (Phi) is 5.04. The van der Waals surface area contributed by atoms with E-state index in [4.69, 9.17) is 9.88 Å². The number of sulfonamides is 1. The van der Waals surface area contributed by atoms with Gasteiger partial charge < -0.3 is 10.1 Å². The molecule has 1 heterocycles. The summed E-state index contributed by atoms with van der Waals surface area (Å²) in [5, 5.41) is 8.74.